The summed E-state index contributed by atoms with van der Waals surface area (Å²) in [5, 5.41) is 8.70. The lowest BCUT2D eigenvalue weighted by Crippen LogP contribution is -2.60. The summed E-state index contributed by atoms with van der Waals surface area (Å²) in [6.45, 7) is 4.91. The summed E-state index contributed by atoms with van der Waals surface area (Å²) in [4.78, 5) is 2.41. The maximum atomic E-state index is 2.58. The fourth-order valence-corrected chi connectivity index (χ4v) is 9.82. The quantitative estimate of drug-likeness (QED) is 0.325. The number of benzene rings is 4. The van der Waals surface area contributed by atoms with Crippen molar-refractivity contribution in [3.05, 3.63) is 72.8 Å². The zero-order valence-electron chi connectivity index (χ0n) is 16.3. The lowest BCUT2D eigenvalue weighted by atomic mass is 10.0. The molecule has 134 valence electrons. The fourth-order valence-electron chi connectivity index (χ4n) is 5.12. The highest BCUT2D eigenvalue weighted by atomic mass is 28.3. The Kier molecular flexibility index (Phi) is 3.66. The van der Waals surface area contributed by atoms with Crippen LogP contribution in [0, 0.1) is 0 Å². The van der Waals surface area contributed by atoms with E-state index >= 15 is 0 Å². The van der Waals surface area contributed by atoms with Crippen LogP contribution >= 0.6 is 0 Å². The third kappa shape index (κ3) is 2.29. The molecule has 27 heavy (non-hydrogen) atoms. The number of fused-ring (bicyclic) bond motifs is 5. The van der Waals surface area contributed by atoms with Gasteiger partial charge in [-0.15, -0.1) is 0 Å². The smallest absolute Gasteiger partial charge is 0.121 e. The van der Waals surface area contributed by atoms with E-state index in [0.29, 0.717) is 0 Å². The van der Waals surface area contributed by atoms with Gasteiger partial charge in [-0.1, -0.05) is 68.4 Å². The van der Waals surface area contributed by atoms with E-state index in [1.165, 1.54) is 45.4 Å². The Morgan fingerprint density at radius 2 is 1.48 bits per heavy atom. The Labute approximate surface area is 162 Å². The standard InChI is InChI=1S/C25H25NSi/c1-4-15-27(3)24-12-8-7-11-22(24)26(2)23-14-13-20-16-18-9-5-6-10-19(18)17-21(20)25(23)27/h5-14,16-17H,4,15H2,1-3H3. The molecule has 0 spiro atoms. The highest BCUT2D eigenvalue weighted by molar-refractivity contribution is 7.04. The van der Waals surface area contributed by atoms with Crippen LogP contribution in [0.25, 0.3) is 21.5 Å². The van der Waals surface area contributed by atoms with E-state index in [0.717, 1.165) is 0 Å². The molecule has 0 saturated carbocycles. The molecule has 4 aromatic carbocycles. The molecular formula is C25H25NSi. The van der Waals surface area contributed by atoms with Crippen LogP contribution in [0.3, 0.4) is 0 Å². The molecule has 5 rings (SSSR count). The molecule has 2 heteroatoms. The van der Waals surface area contributed by atoms with Gasteiger partial charge in [0.2, 0.25) is 0 Å². The summed E-state index contributed by atoms with van der Waals surface area (Å²) in [5.74, 6) is 0. The normalized spacial score (nSPS) is 18.6. The minimum Gasteiger partial charge on any atom is -0.345 e. The predicted octanol–water partition coefficient (Wildman–Crippen LogP) is 5.68. The lowest BCUT2D eigenvalue weighted by Gasteiger charge is -2.42. The Balaban J connectivity index is 1.92. The molecule has 0 fully saturated rings. The van der Waals surface area contributed by atoms with Crippen molar-refractivity contribution in [1.29, 1.82) is 0 Å². The van der Waals surface area contributed by atoms with E-state index in [4.69, 9.17) is 0 Å². The molecule has 1 unspecified atom stereocenters. The molecule has 4 aromatic rings. The average molecular weight is 368 g/mol. The second kappa shape index (κ2) is 5.96. The molecule has 1 heterocycles. The maximum Gasteiger partial charge on any atom is 0.121 e. The summed E-state index contributed by atoms with van der Waals surface area (Å²) in [6.07, 6.45) is 1.23. The predicted molar refractivity (Wildman–Crippen MR) is 122 cm³/mol. The van der Waals surface area contributed by atoms with Crippen LogP contribution in [0.15, 0.2) is 72.8 Å². The molecule has 0 saturated heterocycles. The van der Waals surface area contributed by atoms with E-state index in [1.807, 2.05) is 0 Å². The first-order valence-corrected chi connectivity index (χ1v) is 12.6. The minimum atomic E-state index is -1.81. The van der Waals surface area contributed by atoms with Gasteiger partial charge in [-0.3, -0.25) is 0 Å². The second-order valence-electron chi connectivity index (χ2n) is 8.04. The summed E-state index contributed by atoms with van der Waals surface area (Å²) in [6, 6.07) is 28.6. The van der Waals surface area contributed by atoms with Gasteiger partial charge in [0, 0.05) is 18.4 Å². The molecule has 0 amide bonds. The molecule has 0 bridgehead atoms. The Hall–Kier alpha value is -2.58. The van der Waals surface area contributed by atoms with E-state index in [2.05, 4.69) is 98.2 Å². The molecule has 0 radical (unpaired) electrons. The number of rotatable bonds is 2. The summed E-state index contributed by atoms with van der Waals surface area (Å²) in [7, 11) is 0.413. The number of para-hydroxylation sites is 1. The zero-order chi connectivity index (χ0) is 18.6. The summed E-state index contributed by atoms with van der Waals surface area (Å²) < 4.78 is 0. The van der Waals surface area contributed by atoms with Crippen LogP contribution in [0.2, 0.25) is 12.6 Å². The molecule has 1 aliphatic heterocycles. The first kappa shape index (κ1) is 16.6. The van der Waals surface area contributed by atoms with Crippen LogP contribution in [0.5, 0.6) is 0 Å². The maximum absolute atomic E-state index is 2.58. The SMILES string of the molecule is CCC[Si]1(C)c2ccccc2N(C)c2ccc3cc4ccccc4cc3c21. The third-order valence-corrected chi connectivity index (χ3v) is 11.1. The average Bonchev–Trinajstić information content (AvgIpc) is 2.70. The first-order valence-electron chi connectivity index (χ1n) is 9.93. The molecule has 0 aliphatic carbocycles. The van der Waals surface area contributed by atoms with Gasteiger partial charge in [-0.25, -0.2) is 0 Å². The van der Waals surface area contributed by atoms with E-state index < -0.39 is 8.07 Å². The number of nitrogens with zero attached hydrogens (tertiary/aromatic N) is 1. The van der Waals surface area contributed by atoms with Gasteiger partial charge in [-0.05, 0) is 62.2 Å². The van der Waals surface area contributed by atoms with Crippen LogP contribution in [-0.2, 0) is 0 Å². The van der Waals surface area contributed by atoms with Crippen LogP contribution in [-0.4, -0.2) is 15.1 Å². The molecule has 1 nitrogen and oxygen atoms in total. The second-order valence-corrected chi connectivity index (χ2v) is 12.2. The van der Waals surface area contributed by atoms with Gasteiger partial charge in [0.1, 0.15) is 8.07 Å². The molecular weight excluding hydrogens is 342 g/mol. The topological polar surface area (TPSA) is 3.24 Å². The van der Waals surface area contributed by atoms with Crippen LogP contribution in [0.1, 0.15) is 13.3 Å². The summed E-state index contributed by atoms with van der Waals surface area (Å²) in [5.41, 5.74) is 2.80. The molecule has 0 aromatic heterocycles. The zero-order valence-corrected chi connectivity index (χ0v) is 17.3. The van der Waals surface area contributed by atoms with Crippen molar-refractivity contribution in [2.75, 3.05) is 11.9 Å². The lowest BCUT2D eigenvalue weighted by molar-refractivity contribution is 1.05. The van der Waals surface area contributed by atoms with Crippen molar-refractivity contribution in [2.45, 2.75) is 25.9 Å². The van der Waals surface area contributed by atoms with Crippen molar-refractivity contribution in [3.63, 3.8) is 0 Å². The Morgan fingerprint density at radius 1 is 0.778 bits per heavy atom. The molecule has 0 N–H and O–H groups in total. The van der Waals surface area contributed by atoms with Crippen molar-refractivity contribution in [2.24, 2.45) is 0 Å². The van der Waals surface area contributed by atoms with E-state index in [-0.39, 0.29) is 0 Å². The van der Waals surface area contributed by atoms with Crippen molar-refractivity contribution >= 4 is 51.4 Å². The van der Waals surface area contributed by atoms with Crippen molar-refractivity contribution < 1.29 is 0 Å². The van der Waals surface area contributed by atoms with Crippen LogP contribution < -0.4 is 15.3 Å². The van der Waals surface area contributed by atoms with Gasteiger partial charge in [0.25, 0.3) is 0 Å². The highest BCUT2D eigenvalue weighted by Crippen LogP contribution is 2.36. The van der Waals surface area contributed by atoms with E-state index in [9.17, 15) is 0 Å². The van der Waals surface area contributed by atoms with Crippen molar-refractivity contribution in [3.8, 4) is 0 Å². The van der Waals surface area contributed by atoms with Crippen LogP contribution in [0.4, 0.5) is 11.4 Å². The molecule has 1 atom stereocenters. The third-order valence-electron chi connectivity index (χ3n) is 6.39. The molecule has 1 aliphatic rings. The minimum absolute atomic E-state index is 1.23. The van der Waals surface area contributed by atoms with Crippen molar-refractivity contribution in [1.82, 2.24) is 0 Å². The van der Waals surface area contributed by atoms with E-state index in [1.54, 1.807) is 10.4 Å². The van der Waals surface area contributed by atoms with Gasteiger partial charge in [0.05, 0.1) is 0 Å². The largest absolute Gasteiger partial charge is 0.345 e. The Bertz CT molecular complexity index is 1180. The highest BCUT2D eigenvalue weighted by Gasteiger charge is 2.41. The summed E-state index contributed by atoms with van der Waals surface area (Å²) >= 11 is 0. The van der Waals surface area contributed by atoms with Gasteiger partial charge >= 0.3 is 0 Å². The number of anilines is 2. The van der Waals surface area contributed by atoms with Gasteiger partial charge in [0.15, 0.2) is 0 Å². The first-order chi connectivity index (χ1) is 13.1. The Morgan fingerprint density at radius 3 is 2.26 bits per heavy atom. The number of hydrogen-bond acceptors (Lipinski definition) is 1. The fraction of sp³-hybridized carbons (Fsp3) is 0.200. The monoisotopic (exact) mass is 367 g/mol. The number of hydrogen-bond donors (Lipinski definition) is 0. The van der Waals surface area contributed by atoms with Gasteiger partial charge in [-0.2, -0.15) is 0 Å². The van der Waals surface area contributed by atoms with Gasteiger partial charge < -0.3 is 4.90 Å².